The van der Waals surface area contributed by atoms with Crippen LogP contribution in [0.2, 0.25) is 0 Å². The van der Waals surface area contributed by atoms with Crippen LogP contribution in [-0.2, 0) is 20.0 Å². The van der Waals surface area contributed by atoms with Crippen LogP contribution in [-0.4, -0.2) is 29.3 Å². The summed E-state index contributed by atoms with van der Waals surface area (Å²) in [5.74, 6) is -0.993. The lowest BCUT2D eigenvalue weighted by molar-refractivity contribution is 0.0984. The van der Waals surface area contributed by atoms with E-state index in [0.29, 0.717) is 0 Å². The van der Waals surface area contributed by atoms with Gasteiger partial charge in [-0.15, -0.1) is 0 Å². The minimum absolute atomic E-state index is 0.135. The molecule has 8 nitrogen and oxygen atoms in total. The molecule has 0 bridgehead atoms. The molecule has 19 heavy (non-hydrogen) atoms. The van der Waals surface area contributed by atoms with E-state index in [1.807, 2.05) is 0 Å². The van der Waals surface area contributed by atoms with Crippen molar-refractivity contribution in [2.45, 2.75) is 16.7 Å². The highest BCUT2D eigenvalue weighted by Crippen LogP contribution is 2.32. The maximum atomic E-state index is 11.6. The molecule has 1 heterocycles. The maximum absolute atomic E-state index is 11.6. The largest absolute Gasteiger partial charge is 0.492 e. The van der Waals surface area contributed by atoms with E-state index in [9.17, 15) is 21.6 Å². The summed E-state index contributed by atoms with van der Waals surface area (Å²) in [6.45, 7) is 1.74. The molecule has 1 aromatic rings. The van der Waals surface area contributed by atoms with Gasteiger partial charge in [0.05, 0.1) is 12.2 Å². The van der Waals surface area contributed by atoms with E-state index >= 15 is 0 Å². The number of ether oxygens (including phenoxy) is 1. The standard InChI is InChI=1S/C9H10N2O6S2/c1-2-17-6-3-5-7(4-8(6)18(10,13)14)19(15,16)11-9(5)12/h3-4H,2H2,1H3,(H,11,12)(H2,10,13,14). The van der Waals surface area contributed by atoms with Crippen molar-refractivity contribution in [2.24, 2.45) is 5.14 Å². The Morgan fingerprint density at radius 3 is 2.53 bits per heavy atom. The fourth-order valence-corrected chi connectivity index (χ4v) is 3.60. The molecule has 2 rings (SSSR count). The zero-order valence-corrected chi connectivity index (χ0v) is 11.3. The Hall–Kier alpha value is -1.65. The Morgan fingerprint density at radius 1 is 1.37 bits per heavy atom. The third-order valence-corrected chi connectivity index (χ3v) is 4.72. The first-order valence-corrected chi connectivity index (χ1v) is 8.10. The lowest BCUT2D eigenvalue weighted by atomic mass is 10.2. The van der Waals surface area contributed by atoms with E-state index in [1.165, 1.54) is 0 Å². The summed E-state index contributed by atoms with van der Waals surface area (Å²) in [7, 11) is -8.22. The van der Waals surface area contributed by atoms with E-state index in [2.05, 4.69) is 0 Å². The summed E-state index contributed by atoms with van der Waals surface area (Å²) in [5, 5.41) is 5.00. The molecule has 0 unspecified atom stereocenters. The van der Waals surface area contributed by atoms with Crippen molar-refractivity contribution >= 4 is 26.0 Å². The molecule has 104 valence electrons. The highest BCUT2D eigenvalue weighted by Gasteiger charge is 2.35. The van der Waals surface area contributed by atoms with Crippen molar-refractivity contribution in [3.8, 4) is 5.75 Å². The molecule has 0 saturated heterocycles. The van der Waals surface area contributed by atoms with Crippen LogP contribution in [0.4, 0.5) is 0 Å². The van der Waals surface area contributed by atoms with E-state index < -0.39 is 35.7 Å². The molecule has 0 aromatic heterocycles. The Balaban J connectivity index is 2.81. The zero-order valence-electron chi connectivity index (χ0n) is 9.71. The number of nitrogens with two attached hydrogens (primary N) is 1. The molecule has 0 atom stereocenters. The molecule has 0 aliphatic carbocycles. The minimum Gasteiger partial charge on any atom is -0.492 e. The lowest BCUT2D eigenvalue weighted by Crippen LogP contribution is -2.20. The van der Waals surface area contributed by atoms with E-state index in [0.717, 1.165) is 12.1 Å². The Bertz CT molecular complexity index is 766. The van der Waals surface area contributed by atoms with Crippen molar-refractivity contribution in [1.29, 1.82) is 0 Å². The second kappa shape index (κ2) is 4.18. The summed E-state index contributed by atoms with van der Waals surface area (Å²) in [5.41, 5.74) is -0.171. The number of carbonyl (C=O) groups excluding carboxylic acids is 1. The van der Waals surface area contributed by atoms with Gasteiger partial charge in [0.2, 0.25) is 10.0 Å². The quantitative estimate of drug-likeness (QED) is 0.748. The van der Waals surface area contributed by atoms with E-state index in [-0.39, 0.29) is 17.9 Å². The number of hydrogen-bond donors (Lipinski definition) is 2. The predicted octanol–water partition coefficient (Wildman–Crippen LogP) is -0.835. The zero-order chi connectivity index (χ0) is 14.4. The Labute approximate surface area is 109 Å². The minimum atomic E-state index is -4.17. The summed E-state index contributed by atoms with van der Waals surface area (Å²) < 4.78 is 52.9. The fourth-order valence-electron chi connectivity index (χ4n) is 1.66. The normalized spacial score (nSPS) is 16.8. The van der Waals surface area contributed by atoms with Gasteiger partial charge in [0, 0.05) is 0 Å². The van der Waals surface area contributed by atoms with Crippen LogP contribution >= 0.6 is 0 Å². The van der Waals surface area contributed by atoms with Gasteiger partial charge in [-0.25, -0.2) is 26.7 Å². The van der Waals surface area contributed by atoms with Crippen molar-refractivity contribution in [3.63, 3.8) is 0 Å². The topological polar surface area (TPSA) is 133 Å². The molecule has 10 heteroatoms. The summed E-state index contributed by atoms with van der Waals surface area (Å²) in [4.78, 5) is 10.6. The highest BCUT2D eigenvalue weighted by atomic mass is 32.2. The van der Waals surface area contributed by atoms with Gasteiger partial charge in [-0.3, -0.25) is 4.79 Å². The van der Waals surface area contributed by atoms with Crippen LogP contribution in [0.1, 0.15) is 17.3 Å². The Morgan fingerprint density at radius 2 is 2.00 bits per heavy atom. The summed E-state index contributed by atoms with van der Waals surface area (Å²) in [6.07, 6.45) is 0. The van der Waals surface area contributed by atoms with Crippen LogP contribution in [0.25, 0.3) is 0 Å². The van der Waals surface area contributed by atoms with Gasteiger partial charge in [0.25, 0.3) is 15.9 Å². The highest BCUT2D eigenvalue weighted by molar-refractivity contribution is 7.91. The second-order valence-corrected chi connectivity index (χ2v) is 6.89. The second-order valence-electron chi connectivity index (χ2n) is 3.71. The number of nitrogens with one attached hydrogen (secondary N) is 1. The summed E-state index contributed by atoms with van der Waals surface area (Å²) in [6, 6.07) is 1.88. The first-order valence-electron chi connectivity index (χ1n) is 5.07. The van der Waals surface area contributed by atoms with Gasteiger partial charge >= 0.3 is 0 Å². The monoisotopic (exact) mass is 306 g/mol. The number of carbonyl (C=O) groups is 1. The lowest BCUT2D eigenvalue weighted by Gasteiger charge is -2.09. The van der Waals surface area contributed by atoms with Gasteiger partial charge < -0.3 is 4.74 Å². The van der Waals surface area contributed by atoms with E-state index in [4.69, 9.17) is 9.88 Å². The van der Waals surface area contributed by atoms with Gasteiger partial charge in [-0.1, -0.05) is 0 Å². The number of benzene rings is 1. The molecular formula is C9H10N2O6S2. The van der Waals surface area contributed by atoms with Gasteiger partial charge in [0.1, 0.15) is 15.5 Å². The van der Waals surface area contributed by atoms with Crippen molar-refractivity contribution in [2.75, 3.05) is 6.61 Å². The third-order valence-electron chi connectivity index (χ3n) is 2.41. The molecule has 0 spiro atoms. The molecule has 0 radical (unpaired) electrons. The van der Waals surface area contributed by atoms with Crippen LogP contribution in [0.5, 0.6) is 5.75 Å². The van der Waals surface area contributed by atoms with Crippen molar-refractivity contribution in [1.82, 2.24) is 4.72 Å². The number of sulfonamides is 2. The maximum Gasteiger partial charge on any atom is 0.266 e. The first-order chi connectivity index (χ1) is 8.66. The average Bonchev–Trinajstić information content (AvgIpc) is 2.47. The fraction of sp³-hybridized carbons (Fsp3) is 0.222. The number of primary sulfonamides is 1. The van der Waals surface area contributed by atoms with Crippen LogP contribution in [0, 0.1) is 0 Å². The molecule has 3 N–H and O–H groups in total. The number of fused-ring (bicyclic) bond motifs is 1. The molecule has 1 aliphatic heterocycles. The number of amides is 1. The molecule has 0 saturated carbocycles. The molecular weight excluding hydrogens is 296 g/mol. The molecule has 1 aromatic carbocycles. The third kappa shape index (κ3) is 2.29. The van der Waals surface area contributed by atoms with Crippen LogP contribution < -0.4 is 14.6 Å². The molecule has 0 fully saturated rings. The average molecular weight is 306 g/mol. The SMILES string of the molecule is CCOc1cc2c(cc1S(N)(=O)=O)S(=O)(=O)NC2=O. The van der Waals surface area contributed by atoms with Crippen LogP contribution in [0.15, 0.2) is 21.9 Å². The van der Waals surface area contributed by atoms with Crippen LogP contribution in [0.3, 0.4) is 0 Å². The van der Waals surface area contributed by atoms with Crippen molar-refractivity contribution in [3.05, 3.63) is 17.7 Å². The first kappa shape index (κ1) is 13.8. The van der Waals surface area contributed by atoms with Gasteiger partial charge in [-0.2, -0.15) is 0 Å². The molecule has 1 aliphatic rings. The predicted molar refractivity (Wildman–Crippen MR) is 63.6 cm³/mol. The Kier molecular flexibility index (Phi) is 3.03. The van der Waals surface area contributed by atoms with Crippen molar-refractivity contribution < 1.29 is 26.4 Å². The van der Waals surface area contributed by atoms with Gasteiger partial charge in [-0.05, 0) is 19.1 Å². The smallest absolute Gasteiger partial charge is 0.266 e. The van der Waals surface area contributed by atoms with Gasteiger partial charge in [0.15, 0.2) is 0 Å². The van der Waals surface area contributed by atoms with E-state index in [1.54, 1.807) is 11.6 Å². The molecule has 1 amide bonds. The number of rotatable bonds is 3. The number of hydrogen-bond acceptors (Lipinski definition) is 6. The summed E-state index contributed by atoms with van der Waals surface area (Å²) >= 11 is 0.